The molecule has 3 rings (SSSR count). The van der Waals surface area contributed by atoms with E-state index in [0.29, 0.717) is 6.54 Å². The molecule has 1 heterocycles. The van der Waals surface area contributed by atoms with Crippen LogP contribution in [0.3, 0.4) is 0 Å². The summed E-state index contributed by atoms with van der Waals surface area (Å²) in [6.07, 6.45) is 6.10. The molecule has 2 aliphatic rings. The molecule has 130 valence electrons. The zero-order valence-corrected chi connectivity index (χ0v) is 14.3. The van der Waals surface area contributed by atoms with Crippen LogP contribution in [-0.2, 0) is 17.6 Å². The standard InChI is InChI=1S/C19H26N2O3/c1-20(13-18(22)23)17-6-3-10-21(11-9-17)19(24)16-8-7-14-4-2-5-15(14)12-16/h7-8,12,17H,2-6,9-11,13H2,1H3,(H,22,23)/t17-/m1/s1. The van der Waals surface area contributed by atoms with E-state index < -0.39 is 5.97 Å². The maximum Gasteiger partial charge on any atom is 0.317 e. The van der Waals surface area contributed by atoms with Crippen molar-refractivity contribution in [1.29, 1.82) is 0 Å². The second-order valence-corrected chi connectivity index (χ2v) is 7.02. The van der Waals surface area contributed by atoms with E-state index in [9.17, 15) is 9.59 Å². The molecular weight excluding hydrogens is 304 g/mol. The zero-order chi connectivity index (χ0) is 17.1. The summed E-state index contributed by atoms with van der Waals surface area (Å²) < 4.78 is 0. The van der Waals surface area contributed by atoms with Crippen LogP contribution in [0.1, 0.15) is 47.2 Å². The van der Waals surface area contributed by atoms with Crippen LogP contribution in [0, 0.1) is 0 Å². The molecule has 0 aromatic heterocycles. The quantitative estimate of drug-likeness (QED) is 0.919. The fourth-order valence-electron chi connectivity index (χ4n) is 3.95. The molecule has 24 heavy (non-hydrogen) atoms. The van der Waals surface area contributed by atoms with E-state index in [-0.39, 0.29) is 18.5 Å². The lowest BCUT2D eigenvalue weighted by atomic mass is 10.1. The van der Waals surface area contributed by atoms with Crippen molar-refractivity contribution in [2.75, 3.05) is 26.7 Å². The van der Waals surface area contributed by atoms with Crippen molar-refractivity contribution < 1.29 is 14.7 Å². The predicted molar refractivity (Wildman–Crippen MR) is 92.3 cm³/mol. The van der Waals surface area contributed by atoms with E-state index >= 15 is 0 Å². The third-order valence-corrected chi connectivity index (χ3v) is 5.34. The van der Waals surface area contributed by atoms with Crippen molar-refractivity contribution in [2.24, 2.45) is 0 Å². The average molecular weight is 330 g/mol. The number of benzene rings is 1. The van der Waals surface area contributed by atoms with Crippen molar-refractivity contribution >= 4 is 11.9 Å². The molecule has 0 radical (unpaired) electrons. The highest BCUT2D eigenvalue weighted by Gasteiger charge is 2.25. The van der Waals surface area contributed by atoms with Gasteiger partial charge in [0, 0.05) is 24.7 Å². The highest BCUT2D eigenvalue weighted by atomic mass is 16.4. The lowest BCUT2D eigenvalue weighted by Crippen LogP contribution is -2.37. The maximum absolute atomic E-state index is 12.8. The topological polar surface area (TPSA) is 60.9 Å². The molecule has 0 saturated carbocycles. The van der Waals surface area contributed by atoms with Crippen LogP contribution in [0.15, 0.2) is 18.2 Å². The Labute approximate surface area is 143 Å². The third kappa shape index (κ3) is 3.78. The Balaban J connectivity index is 1.63. The van der Waals surface area contributed by atoms with Gasteiger partial charge in [0.2, 0.25) is 0 Å². The molecule has 1 aromatic carbocycles. The van der Waals surface area contributed by atoms with Crippen molar-refractivity contribution in [1.82, 2.24) is 9.80 Å². The monoisotopic (exact) mass is 330 g/mol. The molecule has 1 atom stereocenters. The second-order valence-electron chi connectivity index (χ2n) is 7.02. The lowest BCUT2D eigenvalue weighted by Gasteiger charge is -2.25. The van der Waals surface area contributed by atoms with Gasteiger partial charge in [0.05, 0.1) is 6.54 Å². The average Bonchev–Trinajstić information content (AvgIpc) is 2.87. The molecule has 0 bridgehead atoms. The van der Waals surface area contributed by atoms with Gasteiger partial charge < -0.3 is 10.0 Å². The fraction of sp³-hybridized carbons (Fsp3) is 0.579. The summed E-state index contributed by atoms with van der Waals surface area (Å²) >= 11 is 0. The van der Waals surface area contributed by atoms with Gasteiger partial charge in [0.1, 0.15) is 0 Å². The Morgan fingerprint density at radius 3 is 2.75 bits per heavy atom. The molecule has 1 aromatic rings. The van der Waals surface area contributed by atoms with Crippen LogP contribution >= 0.6 is 0 Å². The van der Waals surface area contributed by atoms with Crippen LogP contribution in [-0.4, -0.2) is 59.5 Å². The highest BCUT2D eigenvalue weighted by molar-refractivity contribution is 5.94. The Morgan fingerprint density at radius 1 is 1.17 bits per heavy atom. The number of amides is 1. The van der Waals surface area contributed by atoms with E-state index in [0.717, 1.165) is 44.2 Å². The number of likely N-dealkylation sites (tertiary alicyclic amines) is 1. The van der Waals surface area contributed by atoms with Gasteiger partial charge in [-0.1, -0.05) is 6.07 Å². The summed E-state index contributed by atoms with van der Waals surface area (Å²) in [6.45, 7) is 1.52. The van der Waals surface area contributed by atoms with E-state index in [1.54, 1.807) is 0 Å². The molecule has 1 amide bonds. The van der Waals surface area contributed by atoms with Gasteiger partial charge in [-0.25, -0.2) is 0 Å². The summed E-state index contributed by atoms with van der Waals surface area (Å²) in [5.41, 5.74) is 3.51. The zero-order valence-electron chi connectivity index (χ0n) is 14.3. The SMILES string of the molecule is CN(CC(=O)O)[C@@H]1CCCN(C(=O)c2ccc3c(c2)CCC3)CC1. The van der Waals surface area contributed by atoms with Gasteiger partial charge in [-0.2, -0.15) is 0 Å². The van der Waals surface area contributed by atoms with Crippen molar-refractivity contribution in [3.63, 3.8) is 0 Å². The number of rotatable bonds is 4. The van der Waals surface area contributed by atoms with Crippen LogP contribution < -0.4 is 0 Å². The number of nitrogens with zero attached hydrogens (tertiary/aromatic N) is 2. The van der Waals surface area contributed by atoms with Gasteiger partial charge in [0.25, 0.3) is 5.91 Å². The van der Waals surface area contributed by atoms with E-state index in [4.69, 9.17) is 5.11 Å². The van der Waals surface area contributed by atoms with Gasteiger partial charge in [-0.15, -0.1) is 0 Å². The number of carboxylic acid groups (broad SMARTS) is 1. The Morgan fingerprint density at radius 2 is 1.96 bits per heavy atom. The van der Waals surface area contributed by atoms with Crippen LogP contribution in [0.25, 0.3) is 0 Å². The maximum atomic E-state index is 12.8. The number of carbonyl (C=O) groups is 2. The first-order chi connectivity index (χ1) is 11.5. The molecule has 1 aliphatic carbocycles. The fourth-order valence-corrected chi connectivity index (χ4v) is 3.95. The number of carbonyl (C=O) groups excluding carboxylic acids is 1. The lowest BCUT2D eigenvalue weighted by molar-refractivity contribution is -0.138. The second kappa shape index (κ2) is 7.34. The molecule has 1 N–H and O–H groups in total. The molecule has 1 aliphatic heterocycles. The number of aryl methyl sites for hydroxylation is 2. The number of aliphatic carboxylic acids is 1. The van der Waals surface area contributed by atoms with Crippen LogP contribution in [0.4, 0.5) is 0 Å². The normalized spacial score (nSPS) is 20.8. The van der Waals surface area contributed by atoms with E-state index in [1.807, 2.05) is 22.9 Å². The third-order valence-electron chi connectivity index (χ3n) is 5.34. The molecule has 1 fully saturated rings. The van der Waals surface area contributed by atoms with E-state index in [1.165, 1.54) is 17.5 Å². The minimum absolute atomic E-state index is 0.0590. The number of hydrogen-bond acceptors (Lipinski definition) is 3. The van der Waals surface area contributed by atoms with Crippen LogP contribution in [0.2, 0.25) is 0 Å². The number of hydrogen-bond donors (Lipinski definition) is 1. The Bertz CT molecular complexity index is 629. The first-order valence-electron chi connectivity index (χ1n) is 8.87. The summed E-state index contributed by atoms with van der Waals surface area (Å²) in [4.78, 5) is 27.5. The highest BCUT2D eigenvalue weighted by Crippen LogP contribution is 2.24. The van der Waals surface area contributed by atoms with Crippen molar-refractivity contribution in [2.45, 2.75) is 44.6 Å². The van der Waals surface area contributed by atoms with Gasteiger partial charge in [-0.3, -0.25) is 14.5 Å². The molecule has 5 nitrogen and oxygen atoms in total. The largest absolute Gasteiger partial charge is 0.480 e. The minimum Gasteiger partial charge on any atom is -0.480 e. The summed E-state index contributed by atoms with van der Waals surface area (Å²) in [5, 5.41) is 8.94. The summed E-state index contributed by atoms with van der Waals surface area (Å²) in [5.74, 6) is -0.681. The Kier molecular flexibility index (Phi) is 5.19. The molecular formula is C19H26N2O3. The first kappa shape index (κ1) is 17.0. The van der Waals surface area contributed by atoms with Gasteiger partial charge in [0.15, 0.2) is 0 Å². The molecule has 0 spiro atoms. The smallest absolute Gasteiger partial charge is 0.317 e. The molecule has 0 unspecified atom stereocenters. The van der Waals surface area contributed by atoms with Crippen molar-refractivity contribution in [3.05, 3.63) is 34.9 Å². The summed E-state index contributed by atoms with van der Waals surface area (Å²) in [7, 11) is 1.86. The van der Waals surface area contributed by atoms with Gasteiger partial charge in [-0.05, 0) is 68.8 Å². The number of carboxylic acids is 1. The molecule has 5 heteroatoms. The van der Waals surface area contributed by atoms with E-state index in [2.05, 4.69) is 12.1 Å². The predicted octanol–water partition coefficient (Wildman–Crippen LogP) is 2.19. The Hall–Kier alpha value is -1.88. The number of fused-ring (bicyclic) bond motifs is 1. The first-order valence-corrected chi connectivity index (χ1v) is 8.87. The van der Waals surface area contributed by atoms with Crippen LogP contribution in [0.5, 0.6) is 0 Å². The van der Waals surface area contributed by atoms with Crippen molar-refractivity contribution in [3.8, 4) is 0 Å². The molecule has 1 saturated heterocycles. The van der Waals surface area contributed by atoms with Gasteiger partial charge >= 0.3 is 5.97 Å². The number of likely N-dealkylation sites (N-methyl/N-ethyl adjacent to an activating group) is 1. The minimum atomic E-state index is -0.798. The summed E-state index contributed by atoms with van der Waals surface area (Å²) in [6, 6.07) is 6.38.